The lowest BCUT2D eigenvalue weighted by molar-refractivity contribution is 0.0522. The van der Waals surface area contributed by atoms with Crippen molar-refractivity contribution in [3.8, 4) is 5.75 Å². The summed E-state index contributed by atoms with van der Waals surface area (Å²) in [7, 11) is 1.62. The number of ether oxygens (including phenoxy) is 2. The van der Waals surface area contributed by atoms with Crippen molar-refractivity contribution in [1.29, 1.82) is 0 Å². The predicted octanol–water partition coefficient (Wildman–Crippen LogP) is 2.68. The van der Waals surface area contributed by atoms with Crippen LogP contribution in [0.1, 0.15) is 58.6 Å². The van der Waals surface area contributed by atoms with Crippen molar-refractivity contribution in [2.45, 2.75) is 51.7 Å². The minimum atomic E-state index is -0.711. The lowest BCUT2D eigenvalue weighted by Crippen LogP contribution is -2.16. The first kappa shape index (κ1) is 20.4. The first-order chi connectivity index (χ1) is 14.6. The van der Waals surface area contributed by atoms with Crippen LogP contribution in [0.2, 0.25) is 0 Å². The summed E-state index contributed by atoms with van der Waals surface area (Å²) < 4.78 is 12.9. The Morgan fingerprint density at radius 3 is 2.90 bits per heavy atom. The Bertz CT molecular complexity index is 967. The molecule has 0 fully saturated rings. The molecule has 1 atom stereocenters. The van der Waals surface area contributed by atoms with Gasteiger partial charge in [-0.15, -0.1) is 0 Å². The number of aryl methyl sites for hydroxylation is 2. The molecule has 0 saturated carbocycles. The molecule has 30 heavy (non-hydrogen) atoms. The summed E-state index contributed by atoms with van der Waals surface area (Å²) in [6, 6.07) is 1.93. The highest BCUT2D eigenvalue weighted by atomic mass is 16.5. The summed E-state index contributed by atoms with van der Waals surface area (Å²) in [6.45, 7) is 3.09. The summed E-state index contributed by atoms with van der Waals surface area (Å²) >= 11 is 0. The van der Waals surface area contributed by atoms with Gasteiger partial charge in [0.1, 0.15) is 28.9 Å². The molecular weight excluding hydrogens is 384 g/mol. The Hall–Kier alpha value is -2.87. The van der Waals surface area contributed by atoms with E-state index < -0.39 is 6.10 Å². The summed E-state index contributed by atoms with van der Waals surface area (Å²) in [5.41, 5.74) is 4.66. The predicted molar refractivity (Wildman–Crippen MR) is 113 cm³/mol. The fourth-order valence-corrected chi connectivity index (χ4v) is 4.37. The van der Waals surface area contributed by atoms with Crippen LogP contribution >= 0.6 is 0 Å². The topological polar surface area (TPSA) is 98.0 Å². The molecule has 160 valence electrons. The molecule has 2 aromatic rings. The third-order valence-corrected chi connectivity index (χ3v) is 5.77. The van der Waals surface area contributed by atoms with Gasteiger partial charge in [-0.25, -0.2) is 9.78 Å². The highest BCUT2D eigenvalue weighted by molar-refractivity contribution is 5.93. The molecule has 0 amide bonds. The van der Waals surface area contributed by atoms with E-state index in [1.165, 1.54) is 5.56 Å². The molecule has 8 nitrogen and oxygen atoms in total. The minimum Gasteiger partial charge on any atom is -0.496 e. The molecule has 2 N–H and O–H groups in total. The fraction of sp³-hybridized carbons (Fsp3) is 0.500. The van der Waals surface area contributed by atoms with E-state index in [-0.39, 0.29) is 5.97 Å². The molecule has 2 heterocycles. The number of carbonyl (C=O) groups is 1. The van der Waals surface area contributed by atoms with Gasteiger partial charge in [-0.1, -0.05) is 0 Å². The molecule has 0 radical (unpaired) electrons. The molecule has 0 spiro atoms. The van der Waals surface area contributed by atoms with Crippen molar-refractivity contribution in [2.75, 3.05) is 25.6 Å². The molecule has 1 aromatic heterocycles. The Kier molecular flexibility index (Phi) is 6.03. The Labute approximate surface area is 175 Å². The van der Waals surface area contributed by atoms with Gasteiger partial charge < -0.3 is 24.5 Å². The number of aliphatic hydroxyl groups excluding tert-OH is 1. The monoisotopic (exact) mass is 412 g/mol. The number of methoxy groups -OCH3 is 1. The first-order valence-corrected chi connectivity index (χ1v) is 10.5. The van der Waals surface area contributed by atoms with E-state index in [1.54, 1.807) is 26.7 Å². The summed E-state index contributed by atoms with van der Waals surface area (Å²) in [6.07, 6.45) is 7.47. The molecule has 1 aliphatic heterocycles. The van der Waals surface area contributed by atoms with E-state index >= 15 is 0 Å². The second-order valence-electron chi connectivity index (χ2n) is 7.58. The average molecular weight is 412 g/mol. The van der Waals surface area contributed by atoms with Gasteiger partial charge in [-0.05, 0) is 61.8 Å². The van der Waals surface area contributed by atoms with E-state index in [2.05, 4.69) is 15.3 Å². The lowest BCUT2D eigenvalue weighted by Gasteiger charge is -2.24. The van der Waals surface area contributed by atoms with Crippen LogP contribution < -0.4 is 10.1 Å². The molecule has 2 aliphatic rings. The Balaban J connectivity index is 1.67. The van der Waals surface area contributed by atoms with Crippen molar-refractivity contribution in [3.05, 3.63) is 40.3 Å². The molecule has 0 saturated heterocycles. The zero-order valence-corrected chi connectivity index (χ0v) is 17.5. The highest BCUT2D eigenvalue weighted by Gasteiger charge is 2.25. The largest absolute Gasteiger partial charge is 0.496 e. The third-order valence-electron chi connectivity index (χ3n) is 5.77. The number of nitrogens with zero attached hydrogens (tertiary/aromatic N) is 3. The number of carbonyl (C=O) groups excluding carboxylic acids is 1. The maximum atomic E-state index is 12.6. The fourth-order valence-electron chi connectivity index (χ4n) is 4.37. The second kappa shape index (κ2) is 8.87. The summed E-state index contributed by atoms with van der Waals surface area (Å²) in [5.74, 6) is 1.07. The number of rotatable bonds is 6. The van der Waals surface area contributed by atoms with Crippen LogP contribution in [0.4, 0.5) is 5.82 Å². The molecule has 0 bridgehead atoms. The van der Waals surface area contributed by atoms with Crippen molar-refractivity contribution in [2.24, 2.45) is 4.99 Å². The molecule has 1 aliphatic carbocycles. The van der Waals surface area contributed by atoms with Gasteiger partial charge in [0, 0.05) is 6.54 Å². The van der Waals surface area contributed by atoms with Crippen LogP contribution in [-0.2, 0) is 30.5 Å². The van der Waals surface area contributed by atoms with E-state index in [0.717, 1.165) is 49.0 Å². The van der Waals surface area contributed by atoms with E-state index in [9.17, 15) is 9.90 Å². The van der Waals surface area contributed by atoms with E-state index in [0.29, 0.717) is 36.7 Å². The SMILES string of the molecule is CCOC(=O)c1cc(CCn2cnc3c2NC=NCC3O)c2c(c1OC)CCCC2. The number of imidazole rings is 1. The van der Waals surface area contributed by atoms with Gasteiger partial charge in [0.15, 0.2) is 0 Å². The van der Waals surface area contributed by atoms with Gasteiger partial charge >= 0.3 is 5.97 Å². The van der Waals surface area contributed by atoms with Gasteiger partial charge in [-0.2, -0.15) is 0 Å². The number of aliphatic hydroxyl groups is 1. The van der Waals surface area contributed by atoms with Gasteiger partial charge in [0.05, 0.1) is 32.9 Å². The zero-order valence-electron chi connectivity index (χ0n) is 17.5. The number of aromatic nitrogens is 2. The number of benzene rings is 1. The Morgan fingerprint density at radius 1 is 1.33 bits per heavy atom. The standard InChI is InChI=1S/C22H28N4O4/c1-3-30-22(28)17-10-14(15-6-4-5-7-16(15)20(17)29-2)8-9-26-13-25-19-18(27)11-23-12-24-21(19)26/h10,12-13,18,27H,3-9,11H2,1-2H3,(H,23,24). The maximum absolute atomic E-state index is 12.6. The van der Waals surface area contributed by atoms with E-state index in [4.69, 9.17) is 9.47 Å². The summed E-state index contributed by atoms with van der Waals surface area (Å²) in [4.78, 5) is 21.1. The van der Waals surface area contributed by atoms with Crippen LogP contribution in [0.25, 0.3) is 0 Å². The maximum Gasteiger partial charge on any atom is 0.341 e. The van der Waals surface area contributed by atoms with Gasteiger partial charge in [0.25, 0.3) is 0 Å². The van der Waals surface area contributed by atoms with Crippen molar-refractivity contribution < 1.29 is 19.4 Å². The highest BCUT2D eigenvalue weighted by Crippen LogP contribution is 2.36. The number of fused-ring (bicyclic) bond motifs is 2. The second-order valence-corrected chi connectivity index (χ2v) is 7.58. The van der Waals surface area contributed by atoms with Crippen molar-refractivity contribution in [1.82, 2.24) is 9.55 Å². The quantitative estimate of drug-likeness (QED) is 0.708. The van der Waals surface area contributed by atoms with Crippen LogP contribution in [0, 0.1) is 0 Å². The molecule has 1 unspecified atom stereocenters. The van der Waals surface area contributed by atoms with Crippen molar-refractivity contribution in [3.63, 3.8) is 0 Å². The van der Waals surface area contributed by atoms with Crippen LogP contribution in [0.3, 0.4) is 0 Å². The number of aliphatic imine (C=N–C) groups is 1. The smallest absolute Gasteiger partial charge is 0.341 e. The average Bonchev–Trinajstić information content (AvgIpc) is 3.08. The molecular formula is C22H28N4O4. The lowest BCUT2D eigenvalue weighted by atomic mass is 9.84. The molecule has 8 heteroatoms. The number of nitrogens with one attached hydrogen (secondary N) is 1. The zero-order chi connectivity index (χ0) is 21.1. The molecule has 4 rings (SSSR count). The van der Waals surface area contributed by atoms with E-state index in [1.807, 2.05) is 10.6 Å². The third kappa shape index (κ3) is 3.79. The van der Waals surface area contributed by atoms with Crippen LogP contribution in [0.15, 0.2) is 17.4 Å². The minimum absolute atomic E-state index is 0.298. The number of anilines is 1. The van der Waals surface area contributed by atoms with Crippen molar-refractivity contribution >= 4 is 18.1 Å². The molecule has 1 aromatic carbocycles. The van der Waals surface area contributed by atoms with Gasteiger partial charge in [-0.3, -0.25) is 4.99 Å². The van der Waals surface area contributed by atoms with Crippen LogP contribution in [-0.4, -0.2) is 47.2 Å². The number of esters is 1. The summed E-state index contributed by atoms with van der Waals surface area (Å²) in [5, 5.41) is 13.3. The normalized spacial score (nSPS) is 17.5. The Morgan fingerprint density at radius 2 is 2.13 bits per heavy atom. The van der Waals surface area contributed by atoms with Crippen LogP contribution in [0.5, 0.6) is 5.75 Å². The number of hydrogen-bond acceptors (Lipinski definition) is 7. The first-order valence-electron chi connectivity index (χ1n) is 10.5. The number of hydrogen-bond donors (Lipinski definition) is 2. The van der Waals surface area contributed by atoms with Gasteiger partial charge in [0.2, 0.25) is 0 Å².